The maximum atomic E-state index is 9.95. The lowest BCUT2D eigenvalue weighted by Crippen LogP contribution is -1.85. The van der Waals surface area contributed by atoms with Gasteiger partial charge in [0.1, 0.15) is 5.75 Å². The van der Waals surface area contributed by atoms with Gasteiger partial charge in [-0.2, -0.15) is 0 Å². The molecule has 0 saturated heterocycles. The van der Waals surface area contributed by atoms with Gasteiger partial charge in [0.05, 0.1) is 5.56 Å². The third kappa shape index (κ3) is 3.76. The van der Waals surface area contributed by atoms with Crippen molar-refractivity contribution in [2.24, 2.45) is 0 Å². The molecule has 0 saturated carbocycles. The Morgan fingerprint density at radius 3 is 2.26 bits per heavy atom. The molecule has 3 aromatic rings. The molecule has 112 valence electrons. The third-order valence-corrected chi connectivity index (χ3v) is 4.09. The summed E-state index contributed by atoms with van der Waals surface area (Å²) < 4.78 is 0.817. The molecule has 1 N–H and O–H groups in total. The van der Waals surface area contributed by atoms with Gasteiger partial charge in [-0.3, -0.25) is 0 Å². The van der Waals surface area contributed by atoms with E-state index in [1.807, 2.05) is 54.6 Å². The number of benzene rings is 3. The molecule has 0 aliphatic carbocycles. The zero-order valence-corrected chi connectivity index (χ0v) is 14.4. The minimum Gasteiger partial charge on any atom is -0.507 e. The van der Waals surface area contributed by atoms with Crippen molar-refractivity contribution in [1.29, 1.82) is 0 Å². The molecule has 3 rings (SSSR count). The molecule has 0 fully saturated rings. The van der Waals surface area contributed by atoms with Crippen LogP contribution < -0.4 is 0 Å². The highest BCUT2D eigenvalue weighted by Crippen LogP contribution is 2.27. The molecule has 0 aliphatic rings. The van der Waals surface area contributed by atoms with E-state index in [2.05, 4.69) is 27.8 Å². The Hall–Kier alpha value is -2.21. The van der Waals surface area contributed by atoms with E-state index >= 15 is 0 Å². The Kier molecular flexibility index (Phi) is 4.71. The monoisotopic (exact) mass is 382 g/mol. The smallest absolute Gasteiger partial charge is 0.132 e. The summed E-state index contributed by atoms with van der Waals surface area (Å²) in [7, 11) is 0. The lowest BCUT2D eigenvalue weighted by Gasteiger charge is -2.05. The molecule has 0 atom stereocenters. The largest absolute Gasteiger partial charge is 0.507 e. The minimum absolute atomic E-state index is 0.155. The first-order chi connectivity index (χ1) is 11.1. The van der Waals surface area contributed by atoms with Crippen LogP contribution in [-0.2, 0) is 0 Å². The van der Waals surface area contributed by atoms with E-state index in [1.54, 1.807) is 12.1 Å². The summed E-state index contributed by atoms with van der Waals surface area (Å²) in [4.78, 5) is 0. The maximum Gasteiger partial charge on any atom is 0.132 e. The van der Waals surface area contributed by atoms with E-state index in [4.69, 9.17) is 11.6 Å². The van der Waals surface area contributed by atoms with Gasteiger partial charge >= 0.3 is 0 Å². The number of rotatable bonds is 1. The van der Waals surface area contributed by atoms with Gasteiger partial charge in [0, 0.05) is 15.1 Å². The van der Waals surface area contributed by atoms with Crippen LogP contribution in [0.25, 0.3) is 11.1 Å². The zero-order valence-electron chi connectivity index (χ0n) is 12.1. The molecule has 0 amide bonds. The first-order valence-electron chi connectivity index (χ1n) is 6.99. The van der Waals surface area contributed by atoms with Crippen LogP contribution in [0.5, 0.6) is 5.75 Å². The highest BCUT2D eigenvalue weighted by atomic mass is 79.9. The second-order valence-electron chi connectivity index (χ2n) is 4.97. The van der Waals surface area contributed by atoms with E-state index in [1.165, 1.54) is 0 Å². The summed E-state index contributed by atoms with van der Waals surface area (Å²) >= 11 is 9.45. The van der Waals surface area contributed by atoms with Crippen molar-refractivity contribution in [2.45, 2.75) is 0 Å². The lowest BCUT2D eigenvalue weighted by molar-refractivity contribution is 0.473. The van der Waals surface area contributed by atoms with Gasteiger partial charge in [-0.25, -0.2) is 0 Å². The summed E-state index contributed by atoms with van der Waals surface area (Å²) in [6, 6.07) is 20.9. The Morgan fingerprint density at radius 1 is 0.826 bits per heavy atom. The molecule has 0 radical (unpaired) electrons. The fourth-order valence-electron chi connectivity index (χ4n) is 2.23. The SMILES string of the molecule is Oc1cc(Br)ccc1C#Cc1ccc(Cl)cc1-c1ccccc1. The predicted molar refractivity (Wildman–Crippen MR) is 98.7 cm³/mol. The Balaban J connectivity index is 2.06. The van der Waals surface area contributed by atoms with Crippen molar-refractivity contribution < 1.29 is 5.11 Å². The van der Waals surface area contributed by atoms with Crippen LogP contribution in [0.4, 0.5) is 0 Å². The van der Waals surface area contributed by atoms with Crippen molar-refractivity contribution in [3.63, 3.8) is 0 Å². The molecule has 1 nitrogen and oxygen atoms in total. The van der Waals surface area contributed by atoms with Crippen LogP contribution in [0.1, 0.15) is 11.1 Å². The Bertz CT molecular complexity index is 908. The molecular formula is C20H12BrClO. The maximum absolute atomic E-state index is 9.95. The predicted octanol–water partition coefficient (Wildman–Crippen LogP) is 5.87. The van der Waals surface area contributed by atoms with Gasteiger partial charge in [0.25, 0.3) is 0 Å². The van der Waals surface area contributed by atoms with E-state index in [0.717, 1.165) is 21.2 Å². The number of phenols is 1. The van der Waals surface area contributed by atoms with Crippen LogP contribution in [0.15, 0.2) is 71.2 Å². The van der Waals surface area contributed by atoms with E-state index in [9.17, 15) is 5.11 Å². The summed E-state index contributed by atoms with van der Waals surface area (Å²) in [6.45, 7) is 0. The summed E-state index contributed by atoms with van der Waals surface area (Å²) in [6.07, 6.45) is 0. The fourth-order valence-corrected chi connectivity index (χ4v) is 2.75. The van der Waals surface area contributed by atoms with Crippen molar-refractivity contribution in [2.75, 3.05) is 0 Å². The minimum atomic E-state index is 0.155. The van der Waals surface area contributed by atoms with Crippen molar-refractivity contribution in [3.8, 4) is 28.7 Å². The topological polar surface area (TPSA) is 20.2 Å². The van der Waals surface area contributed by atoms with E-state index in [0.29, 0.717) is 10.6 Å². The second-order valence-corrected chi connectivity index (χ2v) is 6.32. The standard InChI is InChI=1S/C20H12BrClO/c21-17-10-8-16(20(23)12-17)7-6-15-9-11-18(22)13-19(15)14-4-2-1-3-5-14/h1-5,8-13,23H. The molecule has 23 heavy (non-hydrogen) atoms. The molecule has 0 spiro atoms. The fraction of sp³-hybridized carbons (Fsp3) is 0. The molecular weight excluding hydrogens is 372 g/mol. The van der Waals surface area contributed by atoms with Gasteiger partial charge in [-0.15, -0.1) is 0 Å². The first kappa shape index (κ1) is 15.7. The molecule has 0 aromatic heterocycles. The van der Waals surface area contributed by atoms with Gasteiger partial charge in [0.15, 0.2) is 0 Å². The summed E-state index contributed by atoms with van der Waals surface area (Å²) in [5.41, 5.74) is 3.48. The molecule has 0 bridgehead atoms. The van der Waals surface area contributed by atoms with Crippen LogP contribution in [0, 0.1) is 11.8 Å². The van der Waals surface area contributed by atoms with Gasteiger partial charge in [-0.05, 0) is 47.5 Å². The lowest BCUT2D eigenvalue weighted by atomic mass is 10.00. The third-order valence-electron chi connectivity index (χ3n) is 3.36. The highest BCUT2D eigenvalue weighted by molar-refractivity contribution is 9.10. The number of phenolic OH excluding ortho intramolecular Hbond substituents is 1. The van der Waals surface area contributed by atoms with Crippen LogP contribution >= 0.6 is 27.5 Å². The number of aromatic hydroxyl groups is 1. The van der Waals surface area contributed by atoms with Gasteiger partial charge < -0.3 is 5.11 Å². The van der Waals surface area contributed by atoms with Crippen LogP contribution in [0.2, 0.25) is 5.02 Å². The van der Waals surface area contributed by atoms with Crippen molar-refractivity contribution in [1.82, 2.24) is 0 Å². The quantitative estimate of drug-likeness (QED) is 0.521. The normalized spacial score (nSPS) is 10.0. The summed E-state index contributed by atoms with van der Waals surface area (Å²) in [5.74, 6) is 6.31. The number of halogens is 2. The van der Waals surface area contributed by atoms with E-state index < -0.39 is 0 Å². The van der Waals surface area contributed by atoms with Gasteiger partial charge in [0.2, 0.25) is 0 Å². The number of hydrogen-bond acceptors (Lipinski definition) is 1. The van der Waals surface area contributed by atoms with Crippen LogP contribution in [0.3, 0.4) is 0 Å². The van der Waals surface area contributed by atoms with Crippen LogP contribution in [-0.4, -0.2) is 5.11 Å². The second kappa shape index (κ2) is 6.91. The Morgan fingerprint density at radius 2 is 1.52 bits per heavy atom. The Labute approximate surface area is 148 Å². The molecule has 3 heteroatoms. The average molecular weight is 384 g/mol. The van der Waals surface area contributed by atoms with E-state index in [-0.39, 0.29) is 5.75 Å². The first-order valence-corrected chi connectivity index (χ1v) is 8.16. The van der Waals surface area contributed by atoms with Crippen molar-refractivity contribution >= 4 is 27.5 Å². The number of hydrogen-bond donors (Lipinski definition) is 1. The average Bonchev–Trinajstić information content (AvgIpc) is 2.56. The summed E-state index contributed by atoms with van der Waals surface area (Å²) in [5, 5.41) is 10.6. The highest BCUT2D eigenvalue weighted by Gasteiger charge is 2.04. The zero-order chi connectivity index (χ0) is 16.2. The molecule has 0 unspecified atom stereocenters. The van der Waals surface area contributed by atoms with Gasteiger partial charge in [-0.1, -0.05) is 69.7 Å². The molecule has 0 aliphatic heterocycles. The molecule has 3 aromatic carbocycles. The van der Waals surface area contributed by atoms with Crippen molar-refractivity contribution in [3.05, 3.63) is 87.4 Å². The molecule has 0 heterocycles.